The van der Waals surface area contributed by atoms with Crippen molar-refractivity contribution in [3.05, 3.63) is 102 Å². The van der Waals surface area contributed by atoms with Gasteiger partial charge in [0.25, 0.3) is 0 Å². The Kier molecular flexibility index (Phi) is 40.3. The van der Waals surface area contributed by atoms with Crippen molar-refractivity contribution < 1.29 is 101 Å². The summed E-state index contributed by atoms with van der Waals surface area (Å²) >= 11 is 0. The Morgan fingerprint density at radius 3 is 1.79 bits per heavy atom. The van der Waals surface area contributed by atoms with Gasteiger partial charge in [-0.25, -0.2) is 0 Å². The van der Waals surface area contributed by atoms with Crippen LogP contribution in [-0.4, -0.2) is 315 Å². The number of H-pyrrole nitrogens is 1. The molecule has 0 aliphatic carbocycles. The monoisotopic (exact) mass is 1880 g/mol. The van der Waals surface area contributed by atoms with Gasteiger partial charge < -0.3 is 130 Å². The fourth-order valence-electron chi connectivity index (χ4n) is 17.0. The number of aromatic nitrogens is 2. The van der Waals surface area contributed by atoms with Crippen molar-refractivity contribution in [2.45, 2.75) is 248 Å². The van der Waals surface area contributed by atoms with Crippen molar-refractivity contribution in [3.63, 3.8) is 0 Å². The van der Waals surface area contributed by atoms with Crippen molar-refractivity contribution in [2.24, 2.45) is 34.8 Å². The number of nitrogens with zero attached hydrogens (tertiary/aromatic N) is 6. The molecule has 8 rings (SSSR count). The summed E-state index contributed by atoms with van der Waals surface area (Å²) in [4.78, 5) is 271. The maximum absolute atomic E-state index is 16.0. The van der Waals surface area contributed by atoms with Crippen LogP contribution in [0.3, 0.4) is 0 Å². The number of primary amides is 2. The first-order valence-electron chi connectivity index (χ1n) is 45.9. The molecule has 3 fully saturated rings. The SMILES string of the molecule is CCCCC[C@H]1C(=O)N[C@@H](CC(C)C)C(=O)N[C@H](C(=O)NCC(N)=O)CNCC(=O)N[C@@H](Cc2ccc(OC)cc2)C(=O)N(C)[C@@H](C)C(=O)N[C@@H](CC(N)=O)C(=O)N2CCC[C@H]2C(=O)N[C@@H](CN)C(=O)N[C@@H](C(C)C)C(=O)N2C[C@H](O)C[C@H]2C(=O)N[C@@H](Cc2c[nH]c3ccccc23)C(=O)N[C@@H](CCN)C(=O)N[C@@H](Cc2cn(CC(=O)O)c3ccccc23)C(=O)N(C)[C@@H](CCCC)C(=O)N1C. The van der Waals surface area contributed by atoms with Gasteiger partial charge in [-0.2, -0.15) is 0 Å². The number of hydrogen-bond acceptors (Lipinski definition) is 23. The van der Waals surface area contributed by atoms with E-state index < -0.39 is 249 Å². The number of carbonyl (C=O) groups is 18. The van der Waals surface area contributed by atoms with E-state index in [2.05, 4.69) is 63.5 Å². The van der Waals surface area contributed by atoms with Gasteiger partial charge in [0.15, 0.2) is 0 Å². The predicted octanol–water partition coefficient (Wildman–Crippen LogP) is -3.08. The quantitative estimate of drug-likeness (QED) is 0.0232. The largest absolute Gasteiger partial charge is 0.497 e. The molecule has 3 aromatic carbocycles. The number of rotatable bonds is 27. The highest BCUT2D eigenvalue weighted by Crippen LogP contribution is 2.29. The minimum absolute atomic E-state index is 0.0121. The summed E-state index contributed by atoms with van der Waals surface area (Å²) in [6.07, 6.45) is 1.86. The lowest BCUT2D eigenvalue weighted by Crippen LogP contribution is -2.62. The molecule has 738 valence electrons. The van der Waals surface area contributed by atoms with Crippen LogP contribution in [0.2, 0.25) is 0 Å². The predicted molar refractivity (Wildman–Crippen MR) is 495 cm³/mol. The number of carboxylic acids is 1. The Hall–Kier alpha value is -13.2. The number of aliphatic carboxylic acids is 1. The molecule has 22 N–H and O–H groups in total. The number of amides is 17. The smallest absolute Gasteiger partial charge is 0.323 e. The van der Waals surface area contributed by atoms with Gasteiger partial charge >= 0.3 is 5.97 Å². The lowest BCUT2D eigenvalue weighted by molar-refractivity contribution is -0.149. The molecule has 3 aliphatic rings. The number of fused-ring (bicyclic) bond motifs is 4. The van der Waals surface area contributed by atoms with E-state index >= 15 is 33.6 Å². The summed E-state index contributed by atoms with van der Waals surface area (Å²) in [5.41, 5.74) is 26.0. The molecule has 5 heterocycles. The standard InChI is InChI=1S/C92H134N22O21/c1-12-14-16-27-70-85(127)102-62(36-50(3)4)82(124)107-68(80(122)99-45-75(96)117)44-97-46-76(118)100-64(37-53-29-31-57(135-11)32-30-53)88(130)109(8)52(7)79(121)104-66(41-74(95)116)90(132)113-35-21-28-71(113)86(128)106-67(42-94)84(126)108-78(51(5)6)92(134)114-48-56(115)40-73(114)87(129)103-63(38-54-43-98-60-24-19-17-22-58(54)60)83(125)101-61(33-34-93)81(123)105-65(89(131)111(10)72(25-15-13-2)91(133)110(70)9)39-55-47-112(49-77(119)120)69-26-20-18-23-59(55)69/h17-20,22-24,26,29-32,43,47,50-52,56,61-68,70-73,78,97-98,115H,12-16,21,25,27-28,33-42,44-46,48-49,93-94H2,1-11H3,(H2,95,116)(H2,96,117)(H,99,122)(H,100,118)(H,101,125)(H,102,127)(H,103,129)(H,104,121)(H,105,123)(H,106,128)(H,107,124)(H,108,126)(H,119,120)/t52-,56+,61-,62-,63-,64-,65-,66-,67-,68-,70-,71-,72-,73-,78-/m0/s1. The maximum Gasteiger partial charge on any atom is 0.323 e. The number of aliphatic hydroxyl groups excluding tert-OH is 1. The highest BCUT2D eigenvalue weighted by Gasteiger charge is 2.47. The molecule has 0 spiro atoms. The Bertz CT molecular complexity index is 5060. The van der Waals surface area contributed by atoms with Gasteiger partial charge in [-0.05, 0) is 105 Å². The van der Waals surface area contributed by atoms with E-state index in [1.807, 2.05) is 13.8 Å². The Morgan fingerprint density at radius 1 is 0.563 bits per heavy atom. The molecule has 0 bridgehead atoms. The zero-order valence-electron chi connectivity index (χ0n) is 78.5. The summed E-state index contributed by atoms with van der Waals surface area (Å²) in [6.45, 7) is 7.78. The van der Waals surface area contributed by atoms with E-state index in [-0.39, 0.29) is 83.2 Å². The van der Waals surface area contributed by atoms with E-state index in [0.717, 1.165) is 19.6 Å². The molecule has 43 heteroatoms. The molecule has 135 heavy (non-hydrogen) atoms. The third-order valence-corrected chi connectivity index (χ3v) is 24.6. The zero-order valence-corrected chi connectivity index (χ0v) is 78.5. The van der Waals surface area contributed by atoms with Crippen LogP contribution in [0.5, 0.6) is 5.75 Å². The Morgan fingerprint density at radius 2 is 1.15 bits per heavy atom. The zero-order chi connectivity index (χ0) is 99.4. The second kappa shape index (κ2) is 50.8. The number of aliphatic hydroxyl groups is 1. The molecule has 2 aromatic heterocycles. The first-order valence-corrected chi connectivity index (χ1v) is 45.9. The fourth-order valence-corrected chi connectivity index (χ4v) is 17.0. The van der Waals surface area contributed by atoms with Crippen LogP contribution in [0.15, 0.2) is 85.2 Å². The lowest BCUT2D eigenvalue weighted by Gasteiger charge is -2.36. The molecule has 43 nitrogen and oxygen atoms in total. The van der Waals surface area contributed by atoms with Crippen LogP contribution >= 0.6 is 0 Å². The number of para-hydroxylation sites is 2. The summed E-state index contributed by atoms with van der Waals surface area (Å²) < 4.78 is 6.78. The number of aromatic amines is 1. The van der Waals surface area contributed by atoms with Crippen LogP contribution in [-0.2, 0) is 112 Å². The molecule has 3 aliphatic heterocycles. The number of methoxy groups -OCH3 is 1. The number of carboxylic acid groups (broad SMARTS) is 1. The molecule has 3 saturated heterocycles. The van der Waals surface area contributed by atoms with Crippen LogP contribution < -0.4 is 86.2 Å². The molecule has 17 amide bonds. The van der Waals surface area contributed by atoms with E-state index in [0.29, 0.717) is 76.3 Å². The molecular weight excluding hydrogens is 1750 g/mol. The second-order valence-corrected chi connectivity index (χ2v) is 35.5. The average Bonchev–Trinajstić information content (AvgIpc) is 1.66. The molecule has 0 saturated carbocycles. The number of unbranched alkanes of at least 4 members (excludes halogenated alkanes) is 3. The van der Waals surface area contributed by atoms with E-state index in [1.165, 1.54) is 50.8 Å². The summed E-state index contributed by atoms with van der Waals surface area (Å²) in [5.74, 6) is -17.8. The molecule has 5 aromatic rings. The number of benzene rings is 3. The minimum atomic E-state index is -1.76. The van der Waals surface area contributed by atoms with Gasteiger partial charge in [0.05, 0.1) is 32.7 Å². The number of carbonyl (C=O) groups excluding carboxylic acids is 17. The van der Waals surface area contributed by atoms with Crippen molar-refractivity contribution in [3.8, 4) is 5.75 Å². The van der Waals surface area contributed by atoms with Crippen LogP contribution in [0, 0.1) is 11.8 Å². The number of nitrogens with one attached hydrogen (secondary N) is 12. The van der Waals surface area contributed by atoms with Crippen molar-refractivity contribution in [1.82, 2.24) is 92.5 Å². The van der Waals surface area contributed by atoms with Crippen molar-refractivity contribution in [2.75, 3.05) is 74.1 Å². The topological polar surface area (TPSA) is 630 Å². The number of nitrogens with two attached hydrogens (primary N) is 4. The summed E-state index contributed by atoms with van der Waals surface area (Å²) in [5, 5.41) is 52.0. The number of ether oxygens (including phenoxy) is 1. The van der Waals surface area contributed by atoms with Gasteiger partial charge in [0.2, 0.25) is 100 Å². The maximum atomic E-state index is 16.0. The fraction of sp³-hybridized carbons (Fsp3) is 0.565. The highest BCUT2D eigenvalue weighted by atomic mass is 16.5. The first kappa shape index (κ1) is 107. The van der Waals surface area contributed by atoms with Crippen LogP contribution in [0.1, 0.15) is 149 Å². The summed E-state index contributed by atoms with van der Waals surface area (Å²) in [6, 6.07) is -1.37. The highest BCUT2D eigenvalue weighted by molar-refractivity contribution is 6.03. The lowest BCUT2D eigenvalue weighted by atomic mass is 9.99. The molecule has 0 radical (unpaired) electrons. The van der Waals surface area contributed by atoms with Gasteiger partial charge in [-0.1, -0.05) is 122 Å². The molecule has 15 atom stereocenters. The normalized spacial score (nSPS) is 24.8. The Balaban J connectivity index is 1.21. The van der Waals surface area contributed by atoms with Gasteiger partial charge in [0.1, 0.15) is 96.9 Å². The Labute approximate surface area is 783 Å². The first-order chi connectivity index (χ1) is 64.1. The third kappa shape index (κ3) is 29.4. The van der Waals surface area contributed by atoms with Crippen LogP contribution in [0.25, 0.3) is 21.8 Å². The van der Waals surface area contributed by atoms with Crippen molar-refractivity contribution in [1.29, 1.82) is 0 Å². The van der Waals surface area contributed by atoms with Crippen molar-refractivity contribution >= 4 is 128 Å². The molecular formula is C92H134N22O21. The molecule has 0 unspecified atom stereocenters. The van der Waals surface area contributed by atoms with Crippen LogP contribution in [0.4, 0.5) is 0 Å². The minimum Gasteiger partial charge on any atom is -0.497 e. The van der Waals surface area contributed by atoms with Gasteiger partial charge in [-0.15, -0.1) is 0 Å². The second-order valence-electron chi connectivity index (χ2n) is 35.5. The van der Waals surface area contributed by atoms with E-state index in [1.54, 1.807) is 107 Å². The third-order valence-electron chi connectivity index (χ3n) is 24.6. The van der Waals surface area contributed by atoms with Gasteiger partial charge in [-0.3, -0.25) is 86.3 Å². The van der Waals surface area contributed by atoms with E-state index in [4.69, 9.17) is 27.7 Å². The van der Waals surface area contributed by atoms with E-state index in [9.17, 15) is 63.0 Å². The van der Waals surface area contributed by atoms with Gasteiger partial charge in [0, 0.05) is 107 Å². The number of hydrogen-bond donors (Lipinski definition) is 18. The summed E-state index contributed by atoms with van der Waals surface area (Å²) in [7, 11) is 5.38. The average molecular weight is 1880 g/mol. The number of likely N-dealkylation sites (N-methyl/N-ethyl adjacent to an activating group) is 3.